The summed E-state index contributed by atoms with van der Waals surface area (Å²) in [6, 6.07) is 0.561. The number of rotatable bonds is 3. The van der Waals surface area contributed by atoms with Crippen LogP contribution in [0, 0.1) is 17.7 Å². The number of aromatic nitrogens is 2. The van der Waals surface area contributed by atoms with Crippen LogP contribution in [-0.4, -0.2) is 28.7 Å². The van der Waals surface area contributed by atoms with E-state index in [9.17, 15) is 4.39 Å². The molecular weight excluding hydrogens is 245 g/mol. The van der Waals surface area contributed by atoms with E-state index in [0.29, 0.717) is 5.82 Å². The Morgan fingerprint density at radius 3 is 2.68 bits per heavy atom. The van der Waals surface area contributed by atoms with Crippen LogP contribution in [0.5, 0.6) is 5.88 Å². The van der Waals surface area contributed by atoms with Crippen LogP contribution in [0.25, 0.3) is 0 Å². The molecule has 19 heavy (non-hydrogen) atoms. The minimum absolute atomic E-state index is 0.0287. The van der Waals surface area contributed by atoms with Crippen LogP contribution < -0.4 is 9.64 Å². The van der Waals surface area contributed by atoms with Crippen LogP contribution in [-0.2, 0) is 0 Å². The third kappa shape index (κ3) is 2.78. The van der Waals surface area contributed by atoms with E-state index in [2.05, 4.69) is 35.7 Å². The van der Waals surface area contributed by atoms with Crippen LogP contribution in [0.1, 0.15) is 33.6 Å². The molecule has 0 amide bonds. The topological polar surface area (TPSA) is 38.3 Å². The van der Waals surface area contributed by atoms with Gasteiger partial charge in [0.05, 0.1) is 0 Å². The molecular formula is C14H18FN3O. The fraction of sp³-hybridized carbons (Fsp3) is 0.571. The van der Waals surface area contributed by atoms with Crippen LogP contribution in [0.3, 0.4) is 0 Å². The van der Waals surface area contributed by atoms with Crippen molar-refractivity contribution in [3.63, 3.8) is 0 Å². The molecule has 1 aliphatic rings. The van der Waals surface area contributed by atoms with Crippen molar-refractivity contribution in [1.29, 1.82) is 0 Å². The van der Waals surface area contributed by atoms with Gasteiger partial charge in [-0.1, -0.05) is 5.92 Å². The van der Waals surface area contributed by atoms with E-state index in [1.54, 1.807) is 6.92 Å². The first-order valence-electron chi connectivity index (χ1n) is 6.46. The molecule has 0 bridgehead atoms. The maximum atomic E-state index is 14.4. The molecule has 2 rings (SSSR count). The standard InChI is InChI=1S/C14H18FN3O/c1-4-5-8-19-14-12(15)13(16-9-17-14)18-10(2)6-7-11(18)3/h9-11H,6-8H2,1-3H3. The van der Waals surface area contributed by atoms with Crippen molar-refractivity contribution in [2.24, 2.45) is 0 Å². The van der Waals surface area contributed by atoms with Gasteiger partial charge in [0.15, 0.2) is 12.4 Å². The Labute approximate surface area is 113 Å². The third-order valence-electron chi connectivity index (χ3n) is 3.39. The van der Waals surface area contributed by atoms with Crippen molar-refractivity contribution in [3.8, 4) is 17.7 Å². The molecule has 4 nitrogen and oxygen atoms in total. The van der Waals surface area contributed by atoms with Crippen LogP contribution in [0.15, 0.2) is 6.33 Å². The molecule has 102 valence electrons. The highest BCUT2D eigenvalue weighted by atomic mass is 19.1. The summed E-state index contributed by atoms with van der Waals surface area (Å²) >= 11 is 0. The Bertz CT molecular complexity index is 499. The average Bonchev–Trinajstić information content (AvgIpc) is 2.72. The first-order chi connectivity index (χ1) is 9.15. The van der Waals surface area contributed by atoms with E-state index in [1.807, 2.05) is 4.90 Å². The van der Waals surface area contributed by atoms with Crippen molar-refractivity contribution in [2.45, 2.75) is 45.7 Å². The van der Waals surface area contributed by atoms with Crippen LogP contribution in [0.2, 0.25) is 0 Å². The summed E-state index contributed by atoms with van der Waals surface area (Å²) in [4.78, 5) is 9.90. The van der Waals surface area contributed by atoms with Gasteiger partial charge < -0.3 is 9.64 Å². The Kier molecular flexibility index (Phi) is 4.20. The number of ether oxygens (including phenoxy) is 1. The zero-order valence-corrected chi connectivity index (χ0v) is 11.5. The molecule has 1 aromatic heterocycles. The molecule has 1 fully saturated rings. The summed E-state index contributed by atoms with van der Waals surface area (Å²) in [6.45, 7) is 6.00. The van der Waals surface area contributed by atoms with Gasteiger partial charge in [-0.15, -0.1) is 5.92 Å². The van der Waals surface area contributed by atoms with Gasteiger partial charge in [0.1, 0.15) is 6.33 Å². The largest absolute Gasteiger partial charge is 0.462 e. The average molecular weight is 263 g/mol. The summed E-state index contributed by atoms with van der Waals surface area (Å²) in [5.74, 6) is 5.21. The quantitative estimate of drug-likeness (QED) is 0.785. The molecule has 2 atom stereocenters. The number of hydrogen-bond acceptors (Lipinski definition) is 4. The van der Waals surface area contributed by atoms with Gasteiger partial charge in [-0.3, -0.25) is 0 Å². The van der Waals surface area contributed by atoms with E-state index >= 15 is 0 Å². The molecule has 0 radical (unpaired) electrons. The van der Waals surface area contributed by atoms with E-state index < -0.39 is 5.82 Å². The predicted octanol–water partition coefficient (Wildman–Crippen LogP) is 2.40. The molecule has 5 heteroatoms. The highest BCUT2D eigenvalue weighted by molar-refractivity contribution is 5.46. The molecule has 2 unspecified atom stereocenters. The lowest BCUT2D eigenvalue weighted by molar-refractivity contribution is 0.330. The molecule has 0 aliphatic carbocycles. The fourth-order valence-electron chi connectivity index (χ4n) is 2.41. The Morgan fingerprint density at radius 1 is 1.37 bits per heavy atom. The zero-order valence-electron chi connectivity index (χ0n) is 11.5. The molecule has 0 saturated carbocycles. The number of anilines is 1. The molecule has 1 saturated heterocycles. The normalized spacial score (nSPS) is 22.0. The summed E-state index contributed by atoms with van der Waals surface area (Å²) in [5.41, 5.74) is 0. The third-order valence-corrected chi connectivity index (χ3v) is 3.39. The van der Waals surface area contributed by atoms with Gasteiger partial charge in [-0.05, 0) is 33.6 Å². The second-order valence-corrected chi connectivity index (χ2v) is 4.71. The van der Waals surface area contributed by atoms with Gasteiger partial charge in [-0.25, -0.2) is 4.98 Å². The minimum atomic E-state index is -0.499. The van der Waals surface area contributed by atoms with Crippen LogP contribution >= 0.6 is 0 Å². The molecule has 0 N–H and O–H groups in total. The van der Waals surface area contributed by atoms with Crippen molar-refractivity contribution in [1.82, 2.24) is 9.97 Å². The van der Waals surface area contributed by atoms with Crippen molar-refractivity contribution in [3.05, 3.63) is 12.1 Å². The number of nitrogens with zero attached hydrogens (tertiary/aromatic N) is 3. The van der Waals surface area contributed by atoms with Crippen molar-refractivity contribution < 1.29 is 9.13 Å². The Morgan fingerprint density at radius 2 is 2.05 bits per heavy atom. The summed E-state index contributed by atoms with van der Waals surface area (Å²) < 4.78 is 19.6. The molecule has 1 aliphatic heterocycles. The fourth-order valence-corrected chi connectivity index (χ4v) is 2.41. The number of hydrogen-bond donors (Lipinski definition) is 0. The van der Waals surface area contributed by atoms with Gasteiger partial charge in [0.25, 0.3) is 5.88 Å². The highest BCUT2D eigenvalue weighted by Gasteiger charge is 2.31. The lowest BCUT2D eigenvalue weighted by Crippen LogP contribution is -2.34. The maximum Gasteiger partial charge on any atom is 0.256 e. The molecule has 1 aromatic rings. The number of halogens is 1. The Hall–Kier alpha value is -1.83. The molecule has 2 heterocycles. The summed E-state index contributed by atoms with van der Waals surface area (Å²) in [7, 11) is 0. The minimum Gasteiger partial charge on any atom is -0.462 e. The highest BCUT2D eigenvalue weighted by Crippen LogP contribution is 2.32. The van der Waals surface area contributed by atoms with E-state index in [-0.39, 0.29) is 24.6 Å². The van der Waals surface area contributed by atoms with E-state index in [4.69, 9.17) is 4.74 Å². The second kappa shape index (κ2) is 5.87. The summed E-state index contributed by atoms with van der Waals surface area (Å²) in [5, 5.41) is 0. The lowest BCUT2D eigenvalue weighted by Gasteiger charge is -2.27. The lowest BCUT2D eigenvalue weighted by atomic mass is 10.2. The first kappa shape index (κ1) is 13.6. The van der Waals surface area contributed by atoms with Crippen LogP contribution in [0.4, 0.5) is 10.2 Å². The zero-order chi connectivity index (χ0) is 13.8. The predicted molar refractivity (Wildman–Crippen MR) is 71.6 cm³/mol. The van der Waals surface area contributed by atoms with E-state index in [1.165, 1.54) is 6.33 Å². The SMILES string of the molecule is CC#CCOc1ncnc(N2C(C)CCC2C)c1F. The first-order valence-corrected chi connectivity index (χ1v) is 6.46. The smallest absolute Gasteiger partial charge is 0.256 e. The van der Waals surface area contributed by atoms with Gasteiger partial charge in [0.2, 0.25) is 5.82 Å². The summed E-state index contributed by atoms with van der Waals surface area (Å²) in [6.07, 6.45) is 3.43. The van der Waals surface area contributed by atoms with Gasteiger partial charge in [0, 0.05) is 12.1 Å². The van der Waals surface area contributed by atoms with E-state index in [0.717, 1.165) is 12.8 Å². The molecule has 0 aromatic carbocycles. The Balaban J connectivity index is 2.25. The second-order valence-electron chi connectivity index (χ2n) is 4.71. The van der Waals surface area contributed by atoms with Crippen molar-refractivity contribution in [2.75, 3.05) is 11.5 Å². The van der Waals surface area contributed by atoms with Gasteiger partial charge in [-0.2, -0.15) is 9.37 Å². The monoisotopic (exact) mass is 263 g/mol. The molecule has 0 spiro atoms. The maximum absolute atomic E-state index is 14.4. The van der Waals surface area contributed by atoms with Gasteiger partial charge >= 0.3 is 0 Å². The van der Waals surface area contributed by atoms with Crippen molar-refractivity contribution >= 4 is 5.82 Å².